The quantitative estimate of drug-likeness (QED) is 0.883. The molecular weight excluding hydrogens is 245 g/mol. The summed E-state index contributed by atoms with van der Waals surface area (Å²) in [4.78, 5) is 0. The van der Waals surface area contributed by atoms with Crippen molar-refractivity contribution in [3.63, 3.8) is 0 Å². The Morgan fingerprint density at radius 2 is 2.06 bits per heavy atom. The highest BCUT2D eigenvalue weighted by Gasteiger charge is 2.16. The predicted octanol–water partition coefficient (Wildman–Crippen LogP) is 3.29. The van der Waals surface area contributed by atoms with E-state index in [4.69, 9.17) is 33.7 Å². The number of methoxy groups -OCH3 is 1. The second kappa shape index (κ2) is 6.45. The van der Waals surface area contributed by atoms with E-state index in [2.05, 4.69) is 6.92 Å². The van der Waals surface area contributed by atoms with E-state index in [1.807, 2.05) is 12.1 Å². The molecule has 0 aliphatic carbocycles. The first kappa shape index (κ1) is 13.8. The summed E-state index contributed by atoms with van der Waals surface area (Å²) < 4.78 is 5.30. The Bertz CT molecular complexity index is 340. The van der Waals surface area contributed by atoms with E-state index < -0.39 is 0 Å². The smallest absolute Gasteiger partial charge is 0.0722 e. The third-order valence-corrected chi connectivity index (χ3v) is 3.24. The number of halogens is 2. The summed E-state index contributed by atoms with van der Waals surface area (Å²) in [6, 6.07) is 5.42. The van der Waals surface area contributed by atoms with Crippen molar-refractivity contribution in [3.05, 3.63) is 33.8 Å². The molecule has 4 heteroatoms. The first-order valence-corrected chi connectivity index (χ1v) is 6.06. The summed E-state index contributed by atoms with van der Waals surface area (Å²) in [5.74, 6) is 0. The van der Waals surface area contributed by atoms with Gasteiger partial charge in [0.1, 0.15) is 0 Å². The van der Waals surface area contributed by atoms with Gasteiger partial charge in [-0.25, -0.2) is 0 Å². The number of ether oxygens (including phenoxy) is 1. The van der Waals surface area contributed by atoms with Crippen LogP contribution in [-0.4, -0.2) is 19.3 Å². The zero-order chi connectivity index (χ0) is 12.1. The van der Waals surface area contributed by atoms with Gasteiger partial charge in [0.25, 0.3) is 0 Å². The fourth-order valence-corrected chi connectivity index (χ4v) is 2.20. The molecule has 90 valence electrons. The molecule has 0 fully saturated rings. The zero-order valence-corrected chi connectivity index (χ0v) is 11.1. The van der Waals surface area contributed by atoms with Crippen molar-refractivity contribution < 1.29 is 4.74 Å². The van der Waals surface area contributed by atoms with Crippen molar-refractivity contribution in [1.29, 1.82) is 0 Å². The maximum atomic E-state index is 6.08. The lowest BCUT2D eigenvalue weighted by Crippen LogP contribution is -2.37. The normalized spacial score (nSPS) is 14.8. The summed E-state index contributed by atoms with van der Waals surface area (Å²) >= 11 is 11.9. The lowest BCUT2D eigenvalue weighted by molar-refractivity contribution is 0.0773. The van der Waals surface area contributed by atoms with E-state index in [9.17, 15) is 0 Å². The molecule has 0 saturated carbocycles. The zero-order valence-electron chi connectivity index (χ0n) is 9.54. The van der Waals surface area contributed by atoms with Crippen LogP contribution >= 0.6 is 23.2 Å². The van der Waals surface area contributed by atoms with Gasteiger partial charge in [-0.1, -0.05) is 36.2 Å². The highest BCUT2D eigenvalue weighted by molar-refractivity contribution is 6.35. The lowest BCUT2D eigenvalue weighted by atomic mass is 10.0. The molecule has 2 nitrogen and oxygen atoms in total. The van der Waals surface area contributed by atoms with Crippen LogP contribution in [0.5, 0.6) is 0 Å². The van der Waals surface area contributed by atoms with Crippen molar-refractivity contribution in [1.82, 2.24) is 0 Å². The van der Waals surface area contributed by atoms with Gasteiger partial charge >= 0.3 is 0 Å². The topological polar surface area (TPSA) is 35.2 Å². The molecule has 0 spiro atoms. The minimum Gasteiger partial charge on any atom is -0.380 e. The molecule has 16 heavy (non-hydrogen) atoms. The highest BCUT2D eigenvalue weighted by Crippen LogP contribution is 2.22. The summed E-state index contributed by atoms with van der Waals surface area (Å²) in [5.41, 5.74) is 7.07. The van der Waals surface area contributed by atoms with E-state index in [0.717, 1.165) is 12.0 Å². The second-order valence-corrected chi connectivity index (χ2v) is 4.63. The molecule has 1 aromatic carbocycles. The minimum atomic E-state index is -0.0475. The van der Waals surface area contributed by atoms with E-state index in [1.165, 1.54) is 0 Å². The van der Waals surface area contributed by atoms with Gasteiger partial charge in [0.2, 0.25) is 0 Å². The molecular formula is C12H17Cl2NO. The van der Waals surface area contributed by atoms with Crippen molar-refractivity contribution in [3.8, 4) is 0 Å². The average Bonchev–Trinajstić information content (AvgIpc) is 2.24. The molecule has 0 radical (unpaired) electrons. The van der Waals surface area contributed by atoms with Gasteiger partial charge in [0, 0.05) is 23.2 Å². The van der Waals surface area contributed by atoms with Gasteiger partial charge in [-0.3, -0.25) is 0 Å². The van der Waals surface area contributed by atoms with E-state index >= 15 is 0 Å². The number of rotatable bonds is 5. The fraction of sp³-hybridized carbons (Fsp3) is 0.500. The van der Waals surface area contributed by atoms with Gasteiger partial charge in [-0.05, 0) is 30.5 Å². The van der Waals surface area contributed by atoms with E-state index in [1.54, 1.807) is 13.2 Å². The first-order chi connectivity index (χ1) is 7.58. The molecule has 2 atom stereocenters. The van der Waals surface area contributed by atoms with E-state index in [-0.39, 0.29) is 12.1 Å². The molecule has 0 aliphatic heterocycles. The van der Waals surface area contributed by atoms with Gasteiger partial charge in [0.05, 0.1) is 6.10 Å². The molecule has 2 N–H and O–H groups in total. The molecule has 0 bridgehead atoms. The van der Waals surface area contributed by atoms with Crippen LogP contribution in [0.2, 0.25) is 10.0 Å². The largest absolute Gasteiger partial charge is 0.380 e. The van der Waals surface area contributed by atoms with Crippen LogP contribution < -0.4 is 5.73 Å². The van der Waals surface area contributed by atoms with Gasteiger partial charge in [0.15, 0.2) is 0 Å². The van der Waals surface area contributed by atoms with Crippen molar-refractivity contribution in [2.45, 2.75) is 31.9 Å². The Labute approximate surface area is 107 Å². The Morgan fingerprint density at radius 1 is 1.38 bits per heavy atom. The molecule has 2 unspecified atom stereocenters. The first-order valence-electron chi connectivity index (χ1n) is 5.30. The van der Waals surface area contributed by atoms with Crippen molar-refractivity contribution in [2.75, 3.05) is 7.11 Å². The Balaban J connectivity index is 2.72. The molecule has 0 aromatic heterocycles. The van der Waals surface area contributed by atoms with E-state index in [0.29, 0.717) is 16.5 Å². The third-order valence-electron chi connectivity index (χ3n) is 2.65. The summed E-state index contributed by atoms with van der Waals surface area (Å²) in [6.07, 6.45) is 1.65. The predicted molar refractivity (Wildman–Crippen MR) is 69.2 cm³/mol. The van der Waals surface area contributed by atoms with Crippen LogP contribution in [0.3, 0.4) is 0 Å². The Kier molecular flexibility index (Phi) is 5.56. The van der Waals surface area contributed by atoms with Crippen LogP contribution in [-0.2, 0) is 11.2 Å². The van der Waals surface area contributed by atoms with Crippen LogP contribution in [0.4, 0.5) is 0 Å². The number of hydrogen-bond acceptors (Lipinski definition) is 2. The maximum Gasteiger partial charge on any atom is 0.0722 e. The molecule has 0 aliphatic rings. The highest BCUT2D eigenvalue weighted by atomic mass is 35.5. The summed E-state index contributed by atoms with van der Waals surface area (Å²) in [5, 5.41) is 1.30. The number of hydrogen-bond donors (Lipinski definition) is 1. The minimum absolute atomic E-state index is 0.0475. The summed E-state index contributed by atoms with van der Waals surface area (Å²) in [6.45, 7) is 2.05. The van der Waals surface area contributed by atoms with Crippen LogP contribution in [0, 0.1) is 0 Å². The third kappa shape index (κ3) is 3.63. The molecule has 0 amide bonds. The molecule has 1 aromatic rings. The fourth-order valence-electron chi connectivity index (χ4n) is 1.72. The maximum absolute atomic E-state index is 6.08. The standard InChI is InChI=1S/C12H17Cl2NO/c1-3-12(16-2)11(15)6-8-4-5-9(13)7-10(8)14/h4-5,7,11-12H,3,6,15H2,1-2H3. The van der Waals surface area contributed by atoms with Crippen LogP contribution in [0.25, 0.3) is 0 Å². The number of benzene rings is 1. The monoisotopic (exact) mass is 261 g/mol. The molecule has 1 rings (SSSR count). The van der Waals surface area contributed by atoms with Gasteiger partial charge in [-0.15, -0.1) is 0 Å². The average molecular weight is 262 g/mol. The van der Waals surface area contributed by atoms with Gasteiger partial charge in [-0.2, -0.15) is 0 Å². The van der Waals surface area contributed by atoms with Crippen molar-refractivity contribution >= 4 is 23.2 Å². The van der Waals surface area contributed by atoms with Crippen LogP contribution in [0.1, 0.15) is 18.9 Å². The summed E-state index contributed by atoms with van der Waals surface area (Å²) in [7, 11) is 1.68. The number of nitrogens with two attached hydrogens (primary N) is 1. The van der Waals surface area contributed by atoms with Crippen LogP contribution in [0.15, 0.2) is 18.2 Å². The SMILES string of the molecule is CCC(OC)C(N)Cc1ccc(Cl)cc1Cl. The Morgan fingerprint density at radius 3 is 2.56 bits per heavy atom. The Hall–Kier alpha value is -0.280. The molecule has 0 saturated heterocycles. The molecule has 0 heterocycles. The van der Waals surface area contributed by atoms with Gasteiger partial charge < -0.3 is 10.5 Å². The lowest BCUT2D eigenvalue weighted by Gasteiger charge is -2.21. The second-order valence-electron chi connectivity index (χ2n) is 3.79. The van der Waals surface area contributed by atoms with Crippen molar-refractivity contribution in [2.24, 2.45) is 5.73 Å².